The van der Waals surface area contributed by atoms with Gasteiger partial charge < -0.3 is 35.0 Å². The Labute approximate surface area is 321 Å². The molecule has 2 aliphatic carbocycles. The average Bonchev–Trinajstić information content (AvgIpc) is 3.89. The number of anilines is 1. The lowest BCUT2D eigenvalue weighted by Gasteiger charge is -2.32. The number of carbonyl (C=O) groups is 4. The summed E-state index contributed by atoms with van der Waals surface area (Å²) in [6, 6.07) is 5.23. The van der Waals surface area contributed by atoms with E-state index in [1.807, 2.05) is 44.2 Å². The summed E-state index contributed by atoms with van der Waals surface area (Å²) in [4.78, 5) is 63.4. The van der Waals surface area contributed by atoms with Gasteiger partial charge >= 0.3 is 6.09 Å². The number of amides is 4. The van der Waals surface area contributed by atoms with Gasteiger partial charge in [0.1, 0.15) is 35.3 Å². The first kappa shape index (κ1) is 38.7. The Kier molecular flexibility index (Phi) is 10.4. The molecule has 1 aromatic heterocycles. The van der Waals surface area contributed by atoms with Crippen LogP contribution in [-0.2, 0) is 24.4 Å². The number of nitrogens with one attached hydrogen (secondary N) is 3. The minimum absolute atomic E-state index is 0.0179. The molecule has 0 bridgehead atoms. The van der Waals surface area contributed by atoms with Gasteiger partial charge in [-0.2, -0.15) is 4.98 Å². The van der Waals surface area contributed by atoms with Gasteiger partial charge in [0.15, 0.2) is 0 Å². The first-order valence-corrected chi connectivity index (χ1v) is 20.9. The normalized spacial score (nSPS) is 31.3. The molecule has 15 nitrogen and oxygen atoms in total. The summed E-state index contributed by atoms with van der Waals surface area (Å²) in [6.45, 7) is 7.08. The van der Waals surface area contributed by atoms with Crippen LogP contribution in [0, 0.1) is 17.8 Å². The van der Waals surface area contributed by atoms with Crippen LogP contribution >= 0.6 is 0 Å². The van der Waals surface area contributed by atoms with Gasteiger partial charge in [0.05, 0.1) is 18.4 Å². The number of nitrogens with zero attached hydrogens (tertiary/aromatic N) is 3. The van der Waals surface area contributed by atoms with Crippen molar-refractivity contribution in [1.82, 2.24) is 25.2 Å². The Hall–Kier alpha value is -4.60. The second-order valence-corrected chi connectivity index (χ2v) is 18.7. The maximum absolute atomic E-state index is 14.5. The van der Waals surface area contributed by atoms with Gasteiger partial charge in [-0.1, -0.05) is 26.0 Å². The van der Waals surface area contributed by atoms with E-state index in [-0.39, 0.29) is 25.3 Å². The minimum Gasteiger partial charge on any atom is -0.497 e. The molecule has 0 radical (unpaired) electrons. The van der Waals surface area contributed by atoms with Crippen molar-refractivity contribution in [1.29, 1.82) is 0 Å². The van der Waals surface area contributed by atoms with Gasteiger partial charge in [-0.05, 0) is 99.8 Å². The third-order valence-electron chi connectivity index (χ3n) is 12.2. The van der Waals surface area contributed by atoms with E-state index in [1.165, 1.54) is 4.90 Å². The smallest absolute Gasteiger partial charge is 0.405 e. The fraction of sp³-hybridized carbons (Fsp3) is 0.615. The Balaban J connectivity index is 1.23. The highest BCUT2D eigenvalue weighted by Crippen LogP contribution is 2.48. The van der Waals surface area contributed by atoms with Gasteiger partial charge in [-0.15, -0.1) is 0 Å². The van der Waals surface area contributed by atoms with E-state index in [9.17, 15) is 32.7 Å². The van der Waals surface area contributed by atoms with Gasteiger partial charge in [0.25, 0.3) is 5.91 Å². The number of hydrogen-bond donors (Lipinski definition) is 4. The number of methoxy groups -OCH3 is 1. The quantitative estimate of drug-likeness (QED) is 0.285. The zero-order valence-corrected chi connectivity index (χ0v) is 32.7. The van der Waals surface area contributed by atoms with Gasteiger partial charge in [0.2, 0.25) is 27.7 Å². The number of carbonyl (C=O) groups excluding carboxylic acids is 3. The second kappa shape index (κ2) is 14.8. The molecule has 55 heavy (non-hydrogen) atoms. The Morgan fingerprint density at radius 2 is 1.84 bits per heavy atom. The molecule has 7 rings (SSSR count). The van der Waals surface area contributed by atoms with Crippen molar-refractivity contribution < 1.29 is 42.2 Å². The van der Waals surface area contributed by atoms with Crippen molar-refractivity contribution in [3.8, 4) is 11.6 Å². The molecule has 298 valence electrons. The molecule has 2 saturated carbocycles. The van der Waals surface area contributed by atoms with Crippen molar-refractivity contribution in [2.24, 2.45) is 17.8 Å². The van der Waals surface area contributed by atoms with Gasteiger partial charge in [0, 0.05) is 30.8 Å². The molecule has 0 unspecified atom stereocenters. The molecule has 4 N–H and O–H groups in total. The van der Waals surface area contributed by atoms with Crippen LogP contribution in [0.3, 0.4) is 0 Å². The highest BCUT2D eigenvalue weighted by Gasteiger charge is 2.63. The maximum Gasteiger partial charge on any atom is 0.405 e. The van der Waals surface area contributed by atoms with Crippen LogP contribution < -0.4 is 29.7 Å². The molecule has 3 aliphatic heterocycles. The summed E-state index contributed by atoms with van der Waals surface area (Å²) in [5.41, 5.74) is -1.54. The fourth-order valence-electron chi connectivity index (χ4n) is 8.40. The summed E-state index contributed by atoms with van der Waals surface area (Å²) in [5, 5.41) is 16.7. The van der Waals surface area contributed by atoms with Crippen molar-refractivity contribution >= 4 is 50.4 Å². The number of hydrogen-bond acceptors (Lipinski definition) is 10. The van der Waals surface area contributed by atoms with Crippen LogP contribution in [0.5, 0.6) is 11.6 Å². The summed E-state index contributed by atoms with van der Waals surface area (Å²) in [5.74, 6) is -1.06. The average molecular weight is 781 g/mol. The number of allylic oxidation sites excluding steroid dienone is 1. The van der Waals surface area contributed by atoms with Crippen molar-refractivity contribution in [3.05, 3.63) is 36.4 Å². The maximum atomic E-state index is 14.5. The number of pyridine rings is 1. The third kappa shape index (κ3) is 7.79. The summed E-state index contributed by atoms with van der Waals surface area (Å²) >= 11 is 0. The molecule has 4 fully saturated rings. The lowest BCUT2D eigenvalue weighted by Crippen LogP contribution is -2.59. The number of fused-ring (bicyclic) bond motifs is 3. The molecular weight excluding hydrogens is 729 g/mol. The predicted molar refractivity (Wildman–Crippen MR) is 204 cm³/mol. The number of aromatic nitrogens is 1. The first-order chi connectivity index (χ1) is 26.1. The van der Waals surface area contributed by atoms with Crippen molar-refractivity contribution in [3.63, 3.8) is 0 Å². The van der Waals surface area contributed by atoms with Gasteiger partial charge in [-0.3, -0.25) is 19.1 Å². The van der Waals surface area contributed by atoms with E-state index in [2.05, 4.69) is 20.3 Å². The lowest BCUT2D eigenvalue weighted by molar-refractivity contribution is -0.142. The summed E-state index contributed by atoms with van der Waals surface area (Å²) in [7, 11) is -2.41. The van der Waals surface area contributed by atoms with Gasteiger partial charge in [-0.25, -0.2) is 13.2 Å². The molecule has 7 atom stereocenters. The van der Waals surface area contributed by atoms with E-state index in [4.69, 9.17) is 14.5 Å². The van der Waals surface area contributed by atoms with E-state index in [0.29, 0.717) is 42.7 Å². The van der Waals surface area contributed by atoms with E-state index in [1.54, 1.807) is 20.1 Å². The van der Waals surface area contributed by atoms with Crippen LogP contribution in [0.2, 0.25) is 0 Å². The standard InChI is InChI=1S/C39H52N6O9S/c1-23-9-5-6-10-26-21-39(26,36(48)43-55(51,52)38(3)13-14-38)42-33(46)30-20-28(22-45(30)35(47)32(24(2)17-23)41-37(49)50)54-34-29-12-11-27(53-4)18-25(29)19-31(40-34)44-15-7-8-16-44/h6,10-12,18-19,23-24,26,28,30,32,41H,5,7-9,13-17,20-22H2,1-4H3,(H,42,46)(H,43,48)(H,49,50)/b10-6-/t23-,24+,26+,28+,30-,32-,39+/m0/s1. The Morgan fingerprint density at radius 1 is 1.09 bits per heavy atom. The minimum atomic E-state index is -4.01. The predicted octanol–water partition coefficient (Wildman–Crippen LogP) is 3.71. The van der Waals surface area contributed by atoms with Crippen LogP contribution in [0.1, 0.15) is 78.6 Å². The molecule has 4 amide bonds. The number of sulfonamides is 1. The van der Waals surface area contributed by atoms with E-state index >= 15 is 0 Å². The molecule has 1 aromatic carbocycles. The van der Waals surface area contributed by atoms with Crippen molar-refractivity contribution in [2.45, 2.75) is 107 Å². The van der Waals surface area contributed by atoms with E-state index in [0.717, 1.165) is 43.6 Å². The van der Waals surface area contributed by atoms with E-state index < -0.39 is 74.1 Å². The van der Waals surface area contributed by atoms with Crippen molar-refractivity contribution in [2.75, 3.05) is 31.6 Å². The fourth-order valence-corrected chi connectivity index (χ4v) is 9.72. The molecule has 2 saturated heterocycles. The Bertz CT molecular complexity index is 2000. The first-order valence-electron chi connectivity index (χ1n) is 19.4. The summed E-state index contributed by atoms with van der Waals surface area (Å²) in [6.07, 6.45) is 6.78. The molecule has 0 spiro atoms. The lowest BCUT2D eigenvalue weighted by atomic mass is 9.88. The number of ether oxygens (including phenoxy) is 2. The zero-order valence-electron chi connectivity index (χ0n) is 31.9. The largest absolute Gasteiger partial charge is 0.497 e. The van der Waals surface area contributed by atoms with Crippen LogP contribution in [0.4, 0.5) is 10.6 Å². The number of rotatable bonds is 8. The topological polar surface area (TPSA) is 197 Å². The molecule has 2 aromatic rings. The molecule has 4 heterocycles. The number of carboxylic acid groups (broad SMARTS) is 1. The van der Waals surface area contributed by atoms with Crippen LogP contribution in [0.25, 0.3) is 10.8 Å². The highest BCUT2D eigenvalue weighted by atomic mass is 32.2. The molecule has 5 aliphatic rings. The monoisotopic (exact) mass is 780 g/mol. The Morgan fingerprint density at radius 3 is 2.53 bits per heavy atom. The highest BCUT2D eigenvalue weighted by molar-refractivity contribution is 7.91. The zero-order chi connectivity index (χ0) is 39.3. The summed E-state index contributed by atoms with van der Waals surface area (Å²) < 4.78 is 39.7. The van der Waals surface area contributed by atoms with Crippen LogP contribution in [-0.4, -0.2) is 102 Å². The second-order valence-electron chi connectivity index (χ2n) is 16.5. The molecule has 16 heteroatoms. The SMILES string of the molecule is COc1ccc2c(O[C@@H]3C[C@H]4C(=O)N[C@]5(C(=O)NS(=O)(=O)C6(C)CC6)C[C@H]5/C=C\CC[C@H](C)C[C@@H](C)[C@H](NC(=O)O)C(=O)N4C3)nc(N3CCCC3)cc2c1. The third-order valence-corrected chi connectivity index (χ3v) is 14.4. The van der Waals surface area contributed by atoms with Crippen LogP contribution in [0.15, 0.2) is 36.4 Å². The molecular formula is C39H52N6O9S. The number of benzene rings is 1.